The Morgan fingerprint density at radius 1 is 0.917 bits per heavy atom. The minimum atomic E-state index is -0.191. The van der Waals surface area contributed by atoms with Gasteiger partial charge in [0.2, 0.25) is 5.75 Å². The molecule has 0 fully saturated rings. The molecule has 5 heteroatoms. The summed E-state index contributed by atoms with van der Waals surface area (Å²) in [7, 11) is 0. The first-order chi connectivity index (χ1) is 17.4. The van der Waals surface area contributed by atoms with E-state index in [9.17, 15) is 9.90 Å². The number of aromatic nitrogens is 1. The zero-order valence-electron chi connectivity index (χ0n) is 23.2. The lowest BCUT2D eigenvalue weighted by Crippen LogP contribution is -2.24. The fraction of sp³-hybridized carbons (Fsp3) is 0.581. The summed E-state index contributed by atoms with van der Waals surface area (Å²) in [6.07, 6.45) is 15.0. The second-order valence-corrected chi connectivity index (χ2v) is 9.97. The number of fused-ring (bicyclic) bond motifs is 1. The van der Waals surface area contributed by atoms with Crippen LogP contribution >= 0.6 is 0 Å². The van der Waals surface area contributed by atoms with Crippen molar-refractivity contribution in [1.82, 2.24) is 4.57 Å². The Bertz CT molecular complexity index is 1060. The molecular formula is C31H47NO4. The smallest absolute Gasteiger partial charge is 0.297 e. The van der Waals surface area contributed by atoms with Crippen LogP contribution in [-0.4, -0.2) is 22.9 Å². The Morgan fingerprint density at radius 2 is 1.64 bits per heavy atom. The number of aryl methyl sites for hydroxylation is 1. The number of ether oxygens (including phenoxy) is 2. The lowest BCUT2D eigenvalue weighted by molar-refractivity contribution is 0.277. The van der Waals surface area contributed by atoms with Crippen LogP contribution in [0.25, 0.3) is 10.9 Å². The van der Waals surface area contributed by atoms with E-state index in [0.29, 0.717) is 31.0 Å². The number of phenols is 1. The van der Waals surface area contributed by atoms with E-state index in [4.69, 9.17) is 9.47 Å². The minimum Gasteiger partial charge on any atom is -0.508 e. The van der Waals surface area contributed by atoms with Gasteiger partial charge in [0.25, 0.3) is 5.56 Å². The molecule has 2 rings (SSSR count). The molecule has 0 saturated heterocycles. The molecule has 1 heterocycles. The van der Waals surface area contributed by atoms with Gasteiger partial charge in [0.05, 0.1) is 12.1 Å². The molecular weight excluding hydrogens is 450 g/mol. The van der Waals surface area contributed by atoms with Crippen LogP contribution in [0.4, 0.5) is 0 Å². The van der Waals surface area contributed by atoms with Crippen molar-refractivity contribution in [2.75, 3.05) is 13.2 Å². The van der Waals surface area contributed by atoms with Crippen molar-refractivity contribution in [2.45, 2.75) is 105 Å². The van der Waals surface area contributed by atoms with Crippen molar-refractivity contribution >= 4 is 10.9 Å². The molecule has 0 spiro atoms. The van der Waals surface area contributed by atoms with E-state index >= 15 is 0 Å². The average molecular weight is 498 g/mol. The van der Waals surface area contributed by atoms with Gasteiger partial charge in [0.1, 0.15) is 12.4 Å². The summed E-state index contributed by atoms with van der Waals surface area (Å²) in [5.74, 6) is 0.892. The third kappa shape index (κ3) is 9.40. The van der Waals surface area contributed by atoms with Crippen LogP contribution in [0.5, 0.6) is 17.2 Å². The summed E-state index contributed by atoms with van der Waals surface area (Å²) in [5.41, 5.74) is 3.06. The Kier molecular flexibility index (Phi) is 13.2. The molecule has 0 bridgehead atoms. The molecule has 2 aromatic rings. The normalized spacial score (nSPS) is 11.6. The van der Waals surface area contributed by atoms with Crippen LogP contribution in [0.2, 0.25) is 0 Å². The molecule has 0 aliphatic carbocycles. The van der Waals surface area contributed by atoms with Gasteiger partial charge in [-0.3, -0.25) is 4.79 Å². The number of phenolic OH excluding ortho intramolecular Hbond substituents is 1. The van der Waals surface area contributed by atoms with E-state index in [-0.39, 0.29) is 17.1 Å². The van der Waals surface area contributed by atoms with Crippen LogP contribution in [0.15, 0.2) is 46.3 Å². The van der Waals surface area contributed by atoms with E-state index in [1.807, 2.05) is 12.1 Å². The van der Waals surface area contributed by atoms with Crippen LogP contribution in [0.1, 0.15) is 98.8 Å². The van der Waals surface area contributed by atoms with Gasteiger partial charge in [-0.25, -0.2) is 0 Å². The predicted molar refractivity (Wildman–Crippen MR) is 152 cm³/mol. The fourth-order valence-electron chi connectivity index (χ4n) is 4.21. The van der Waals surface area contributed by atoms with Crippen molar-refractivity contribution in [3.63, 3.8) is 0 Å². The fourth-order valence-corrected chi connectivity index (χ4v) is 4.21. The molecule has 0 radical (unpaired) electrons. The Morgan fingerprint density at radius 3 is 2.36 bits per heavy atom. The number of nitrogens with zero attached hydrogens (tertiary/aromatic N) is 1. The Balaban J connectivity index is 2.35. The maximum atomic E-state index is 13.7. The molecule has 1 aromatic carbocycles. The molecule has 36 heavy (non-hydrogen) atoms. The maximum Gasteiger partial charge on any atom is 0.297 e. The number of allylic oxidation sites excluding steroid dienone is 3. The highest BCUT2D eigenvalue weighted by Gasteiger charge is 2.20. The van der Waals surface area contributed by atoms with E-state index < -0.39 is 0 Å². The highest BCUT2D eigenvalue weighted by molar-refractivity contribution is 5.89. The van der Waals surface area contributed by atoms with Gasteiger partial charge >= 0.3 is 0 Å². The van der Waals surface area contributed by atoms with Crippen molar-refractivity contribution in [3.05, 3.63) is 51.9 Å². The molecule has 0 atom stereocenters. The van der Waals surface area contributed by atoms with Crippen LogP contribution in [0.3, 0.4) is 0 Å². The highest BCUT2D eigenvalue weighted by Crippen LogP contribution is 2.35. The predicted octanol–water partition coefficient (Wildman–Crippen LogP) is 8.32. The largest absolute Gasteiger partial charge is 0.508 e. The highest BCUT2D eigenvalue weighted by atomic mass is 16.5. The SMILES string of the molecule is CCCCCCCCn1c(=O)c(OC/C=C(\C)CCC=C(C)C)c(OCCCC)c2ccc(O)cc21. The van der Waals surface area contributed by atoms with E-state index in [0.717, 1.165) is 43.9 Å². The maximum absolute atomic E-state index is 13.7. The summed E-state index contributed by atoms with van der Waals surface area (Å²) in [6.45, 7) is 12.1. The number of pyridine rings is 1. The zero-order valence-corrected chi connectivity index (χ0v) is 23.2. The number of aromatic hydroxyl groups is 1. The summed E-state index contributed by atoms with van der Waals surface area (Å²) in [4.78, 5) is 13.7. The van der Waals surface area contributed by atoms with Gasteiger partial charge in [0.15, 0.2) is 5.75 Å². The molecule has 0 saturated carbocycles. The average Bonchev–Trinajstić information content (AvgIpc) is 2.84. The second-order valence-electron chi connectivity index (χ2n) is 9.97. The standard InChI is InChI=1S/C31H47NO4/c1-6-8-10-11-12-13-20-32-28-23-26(33)17-18-27(28)29(35-21-9-7-2)30(31(32)34)36-22-19-25(5)16-14-15-24(3)4/h15,17-19,23,33H,6-14,16,20-22H2,1-5H3/b25-19+. The van der Waals surface area contributed by atoms with Crippen LogP contribution < -0.4 is 15.0 Å². The lowest BCUT2D eigenvalue weighted by Gasteiger charge is -2.18. The molecule has 0 amide bonds. The van der Waals surface area contributed by atoms with Gasteiger partial charge in [-0.1, -0.05) is 69.6 Å². The molecule has 0 aliphatic heterocycles. The molecule has 1 N–H and O–H groups in total. The van der Waals surface area contributed by atoms with Crippen LogP contribution in [0, 0.1) is 0 Å². The number of unbranched alkanes of at least 4 members (excludes halogenated alkanes) is 6. The third-order valence-electron chi connectivity index (χ3n) is 6.39. The zero-order chi connectivity index (χ0) is 26.3. The van der Waals surface area contributed by atoms with Gasteiger partial charge in [-0.2, -0.15) is 0 Å². The van der Waals surface area contributed by atoms with Gasteiger partial charge < -0.3 is 19.1 Å². The summed E-state index contributed by atoms with van der Waals surface area (Å²) in [6, 6.07) is 5.14. The first kappa shape index (κ1) is 29.5. The Labute approximate surface area is 217 Å². The summed E-state index contributed by atoms with van der Waals surface area (Å²) >= 11 is 0. The van der Waals surface area contributed by atoms with Crippen molar-refractivity contribution < 1.29 is 14.6 Å². The molecule has 0 aliphatic rings. The molecule has 200 valence electrons. The quantitative estimate of drug-likeness (QED) is 0.176. The van der Waals surface area contributed by atoms with E-state index in [1.165, 1.54) is 36.8 Å². The van der Waals surface area contributed by atoms with E-state index in [1.54, 1.807) is 16.7 Å². The monoisotopic (exact) mass is 497 g/mol. The van der Waals surface area contributed by atoms with Gasteiger partial charge in [0, 0.05) is 18.0 Å². The number of rotatable bonds is 17. The van der Waals surface area contributed by atoms with Crippen molar-refractivity contribution in [1.29, 1.82) is 0 Å². The second kappa shape index (κ2) is 16.1. The first-order valence-electron chi connectivity index (χ1n) is 13.8. The minimum absolute atomic E-state index is 0.140. The summed E-state index contributed by atoms with van der Waals surface area (Å²) < 4.78 is 14.0. The Hall–Kier alpha value is -2.69. The van der Waals surface area contributed by atoms with Crippen LogP contribution in [-0.2, 0) is 6.54 Å². The number of hydrogen-bond acceptors (Lipinski definition) is 4. The molecule has 0 unspecified atom stereocenters. The molecule has 5 nitrogen and oxygen atoms in total. The van der Waals surface area contributed by atoms with E-state index in [2.05, 4.69) is 40.7 Å². The lowest BCUT2D eigenvalue weighted by atomic mass is 10.1. The van der Waals surface area contributed by atoms with Crippen molar-refractivity contribution in [2.24, 2.45) is 0 Å². The third-order valence-corrected chi connectivity index (χ3v) is 6.39. The number of benzene rings is 1. The summed E-state index contributed by atoms with van der Waals surface area (Å²) in [5, 5.41) is 11.0. The topological polar surface area (TPSA) is 60.7 Å². The number of hydrogen-bond donors (Lipinski definition) is 1. The van der Waals surface area contributed by atoms with Gasteiger partial charge in [-0.05, 0) is 64.7 Å². The van der Waals surface area contributed by atoms with Crippen molar-refractivity contribution in [3.8, 4) is 17.2 Å². The molecule has 1 aromatic heterocycles. The van der Waals surface area contributed by atoms with Gasteiger partial charge in [-0.15, -0.1) is 0 Å². The first-order valence-corrected chi connectivity index (χ1v) is 13.8.